The molecule has 0 heterocycles. The van der Waals surface area contributed by atoms with E-state index < -0.39 is 0 Å². The number of para-hydroxylation sites is 1. The Bertz CT molecular complexity index is 315. The standard InChI is InChI=1S/C10H11NO/c1-2-5-10(12)8-6-3-4-7-9(8)11/h2-7H,11H2,1H3/b5-2+. The number of ketones is 1. The van der Waals surface area contributed by atoms with Crippen molar-refractivity contribution in [3.8, 4) is 0 Å². The van der Waals surface area contributed by atoms with Crippen LogP contribution in [0, 0.1) is 0 Å². The molecule has 0 amide bonds. The van der Waals surface area contributed by atoms with Crippen LogP contribution in [0.4, 0.5) is 5.69 Å². The van der Waals surface area contributed by atoms with Crippen LogP contribution in [0.1, 0.15) is 17.3 Å². The topological polar surface area (TPSA) is 43.1 Å². The largest absolute Gasteiger partial charge is 0.398 e. The molecule has 0 bridgehead atoms. The Balaban J connectivity index is 3.03. The van der Waals surface area contributed by atoms with Crippen LogP contribution in [0.3, 0.4) is 0 Å². The molecule has 0 aliphatic carbocycles. The van der Waals surface area contributed by atoms with Crippen molar-refractivity contribution >= 4 is 11.5 Å². The summed E-state index contributed by atoms with van der Waals surface area (Å²) in [4.78, 5) is 11.3. The Morgan fingerprint density at radius 1 is 1.42 bits per heavy atom. The van der Waals surface area contributed by atoms with Gasteiger partial charge in [-0.1, -0.05) is 18.2 Å². The lowest BCUT2D eigenvalue weighted by molar-refractivity contribution is 0.104. The second kappa shape index (κ2) is 3.72. The molecule has 1 aromatic carbocycles. The Hall–Kier alpha value is -1.57. The molecule has 0 fully saturated rings. The van der Waals surface area contributed by atoms with Crippen LogP contribution < -0.4 is 5.73 Å². The molecule has 0 aliphatic heterocycles. The first-order valence-electron chi connectivity index (χ1n) is 3.77. The van der Waals surface area contributed by atoms with Crippen molar-refractivity contribution in [3.05, 3.63) is 42.0 Å². The molecular formula is C10H11NO. The molecule has 1 aromatic rings. The number of hydrogen-bond acceptors (Lipinski definition) is 2. The van der Waals surface area contributed by atoms with Crippen molar-refractivity contribution in [1.82, 2.24) is 0 Å². The van der Waals surface area contributed by atoms with Gasteiger partial charge >= 0.3 is 0 Å². The molecular weight excluding hydrogens is 150 g/mol. The first-order valence-corrected chi connectivity index (χ1v) is 3.77. The predicted molar refractivity (Wildman–Crippen MR) is 50.0 cm³/mol. The maximum Gasteiger partial charge on any atom is 0.187 e. The highest BCUT2D eigenvalue weighted by molar-refractivity contribution is 6.07. The third-order valence-electron chi connectivity index (χ3n) is 1.54. The Morgan fingerprint density at radius 2 is 2.08 bits per heavy atom. The summed E-state index contributed by atoms with van der Waals surface area (Å²) in [5, 5.41) is 0. The molecule has 0 unspecified atom stereocenters. The average Bonchev–Trinajstić information content (AvgIpc) is 2.05. The SMILES string of the molecule is C/C=C/C(=O)c1ccccc1N. The van der Waals surface area contributed by atoms with Gasteiger partial charge < -0.3 is 5.73 Å². The summed E-state index contributed by atoms with van der Waals surface area (Å²) in [5.41, 5.74) is 6.69. The first kappa shape index (κ1) is 8.53. The van der Waals surface area contributed by atoms with Crippen molar-refractivity contribution in [2.75, 3.05) is 5.73 Å². The monoisotopic (exact) mass is 161 g/mol. The second-order valence-corrected chi connectivity index (χ2v) is 2.45. The van der Waals surface area contributed by atoms with E-state index in [1.807, 2.05) is 6.07 Å². The summed E-state index contributed by atoms with van der Waals surface area (Å²) >= 11 is 0. The molecule has 1 rings (SSSR count). The fraction of sp³-hybridized carbons (Fsp3) is 0.100. The summed E-state index contributed by atoms with van der Waals surface area (Å²) in [6.07, 6.45) is 3.21. The van der Waals surface area contributed by atoms with Gasteiger partial charge in [0.05, 0.1) is 0 Å². The van der Waals surface area contributed by atoms with Gasteiger partial charge in [0.25, 0.3) is 0 Å². The van der Waals surface area contributed by atoms with Gasteiger partial charge in [-0.3, -0.25) is 4.79 Å². The van der Waals surface area contributed by atoms with E-state index in [1.165, 1.54) is 6.08 Å². The number of anilines is 1. The van der Waals surface area contributed by atoms with Gasteiger partial charge in [-0.25, -0.2) is 0 Å². The summed E-state index contributed by atoms with van der Waals surface area (Å²) < 4.78 is 0. The summed E-state index contributed by atoms with van der Waals surface area (Å²) in [6, 6.07) is 7.04. The molecule has 62 valence electrons. The van der Waals surface area contributed by atoms with E-state index in [0.29, 0.717) is 11.3 Å². The van der Waals surface area contributed by atoms with Gasteiger partial charge in [0, 0.05) is 11.3 Å². The van der Waals surface area contributed by atoms with Gasteiger partial charge in [-0.15, -0.1) is 0 Å². The van der Waals surface area contributed by atoms with E-state index in [-0.39, 0.29) is 5.78 Å². The molecule has 0 atom stereocenters. The second-order valence-electron chi connectivity index (χ2n) is 2.45. The number of carbonyl (C=O) groups excluding carboxylic acids is 1. The number of nitrogen functional groups attached to an aromatic ring is 1. The van der Waals surface area contributed by atoms with E-state index in [0.717, 1.165) is 0 Å². The minimum absolute atomic E-state index is 0.0457. The van der Waals surface area contributed by atoms with Crippen LogP contribution in [-0.2, 0) is 0 Å². The lowest BCUT2D eigenvalue weighted by atomic mass is 10.1. The third-order valence-corrected chi connectivity index (χ3v) is 1.54. The highest BCUT2D eigenvalue weighted by atomic mass is 16.1. The van der Waals surface area contributed by atoms with Gasteiger partial charge in [-0.2, -0.15) is 0 Å². The number of carbonyl (C=O) groups is 1. The predicted octanol–water partition coefficient (Wildman–Crippen LogP) is 2.03. The van der Waals surface area contributed by atoms with Crippen molar-refractivity contribution in [3.63, 3.8) is 0 Å². The Kier molecular flexibility index (Phi) is 2.64. The number of hydrogen-bond donors (Lipinski definition) is 1. The summed E-state index contributed by atoms with van der Waals surface area (Å²) in [7, 11) is 0. The number of benzene rings is 1. The molecule has 2 heteroatoms. The smallest absolute Gasteiger partial charge is 0.187 e. The normalized spacial score (nSPS) is 10.4. The molecule has 0 aliphatic rings. The van der Waals surface area contributed by atoms with E-state index in [2.05, 4.69) is 0 Å². The van der Waals surface area contributed by atoms with Gasteiger partial charge in [0.1, 0.15) is 0 Å². The zero-order chi connectivity index (χ0) is 8.97. The number of allylic oxidation sites excluding steroid dienone is 2. The number of rotatable bonds is 2. The molecule has 12 heavy (non-hydrogen) atoms. The van der Waals surface area contributed by atoms with E-state index >= 15 is 0 Å². The third kappa shape index (κ3) is 1.72. The molecule has 2 N–H and O–H groups in total. The zero-order valence-corrected chi connectivity index (χ0v) is 6.95. The van der Waals surface area contributed by atoms with E-state index in [4.69, 9.17) is 5.73 Å². The van der Waals surface area contributed by atoms with Crippen molar-refractivity contribution in [2.24, 2.45) is 0 Å². The van der Waals surface area contributed by atoms with Crippen molar-refractivity contribution < 1.29 is 4.79 Å². The summed E-state index contributed by atoms with van der Waals surface area (Å²) in [5.74, 6) is -0.0457. The maximum absolute atomic E-state index is 11.3. The quantitative estimate of drug-likeness (QED) is 0.409. The molecule has 0 saturated carbocycles. The van der Waals surface area contributed by atoms with Crippen LogP contribution in [0.2, 0.25) is 0 Å². The molecule has 0 radical (unpaired) electrons. The van der Waals surface area contributed by atoms with E-state index in [9.17, 15) is 4.79 Å². The molecule has 0 aromatic heterocycles. The lowest BCUT2D eigenvalue weighted by Gasteiger charge is -1.99. The molecule has 2 nitrogen and oxygen atoms in total. The van der Waals surface area contributed by atoms with Crippen molar-refractivity contribution in [1.29, 1.82) is 0 Å². The van der Waals surface area contributed by atoms with Crippen molar-refractivity contribution in [2.45, 2.75) is 6.92 Å². The van der Waals surface area contributed by atoms with Gasteiger partial charge in [-0.05, 0) is 25.1 Å². The van der Waals surface area contributed by atoms with Crippen LogP contribution in [0.15, 0.2) is 36.4 Å². The zero-order valence-electron chi connectivity index (χ0n) is 6.95. The fourth-order valence-electron chi connectivity index (χ4n) is 0.963. The summed E-state index contributed by atoms with van der Waals surface area (Å²) in [6.45, 7) is 1.80. The minimum Gasteiger partial charge on any atom is -0.398 e. The van der Waals surface area contributed by atoms with E-state index in [1.54, 1.807) is 31.2 Å². The molecule has 0 spiro atoms. The highest BCUT2D eigenvalue weighted by Gasteiger charge is 2.03. The van der Waals surface area contributed by atoms with Gasteiger partial charge in [0.15, 0.2) is 5.78 Å². The lowest BCUT2D eigenvalue weighted by Crippen LogP contribution is -1.99. The van der Waals surface area contributed by atoms with Gasteiger partial charge in [0.2, 0.25) is 0 Å². The fourth-order valence-corrected chi connectivity index (χ4v) is 0.963. The van der Waals surface area contributed by atoms with Crippen LogP contribution >= 0.6 is 0 Å². The minimum atomic E-state index is -0.0457. The Labute approximate surface area is 71.7 Å². The number of nitrogens with two attached hydrogens (primary N) is 1. The Morgan fingerprint density at radius 3 is 2.67 bits per heavy atom. The van der Waals surface area contributed by atoms with Crippen LogP contribution in [0.5, 0.6) is 0 Å². The molecule has 0 saturated heterocycles. The highest BCUT2D eigenvalue weighted by Crippen LogP contribution is 2.11. The maximum atomic E-state index is 11.3. The van der Waals surface area contributed by atoms with Crippen LogP contribution in [0.25, 0.3) is 0 Å². The van der Waals surface area contributed by atoms with Crippen LogP contribution in [-0.4, -0.2) is 5.78 Å². The average molecular weight is 161 g/mol. The first-order chi connectivity index (χ1) is 5.75.